The van der Waals surface area contributed by atoms with Crippen LogP contribution >= 0.6 is 11.6 Å². The first kappa shape index (κ1) is 21.2. The molecule has 0 aliphatic carbocycles. The molecule has 5 heterocycles. The summed E-state index contributed by atoms with van der Waals surface area (Å²) in [6, 6.07) is 4.45. The molecule has 3 aliphatic rings. The molecule has 2 saturated heterocycles. The van der Waals surface area contributed by atoms with Crippen molar-refractivity contribution in [2.45, 2.75) is 44.5 Å². The van der Waals surface area contributed by atoms with E-state index in [2.05, 4.69) is 4.98 Å². The molecule has 7 nitrogen and oxygen atoms in total. The minimum Gasteiger partial charge on any atom is -0.381 e. The lowest BCUT2D eigenvalue weighted by Crippen LogP contribution is -2.32. The molecule has 0 spiro atoms. The number of halogens is 2. The molecule has 2 fully saturated rings. The third-order valence-corrected chi connectivity index (χ3v) is 7.14. The largest absolute Gasteiger partial charge is 0.381 e. The number of rotatable bonds is 3. The van der Waals surface area contributed by atoms with Crippen molar-refractivity contribution in [2.24, 2.45) is 5.92 Å². The Kier molecular flexibility index (Phi) is 5.41. The number of ether oxygens (including phenoxy) is 3. The van der Waals surface area contributed by atoms with Crippen LogP contribution in [-0.4, -0.2) is 40.3 Å². The van der Waals surface area contributed by atoms with Gasteiger partial charge in [0.1, 0.15) is 11.5 Å². The standard InChI is InChI=1S/C24H23ClFN3O4/c25-15-1-2-16(18(26)8-15)22-23-28-20-12-32-11-17(20)24(30)29(23)9-19(27-22)13-4-6-33-21(7-13)14-3-5-31-10-14/h1-2,8-9,13-14,21H,3-7,10-12H2/t13-,14?,21+/m0/s1. The third-order valence-electron chi connectivity index (χ3n) is 6.90. The molecule has 0 saturated carbocycles. The van der Waals surface area contributed by atoms with Gasteiger partial charge < -0.3 is 14.2 Å². The molecule has 2 aromatic heterocycles. The summed E-state index contributed by atoms with van der Waals surface area (Å²) in [7, 11) is 0. The van der Waals surface area contributed by atoms with Gasteiger partial charge in [0.15, 0.2) is 5.65 Å². The van der Waals surface area contributed by atoms with E-state index in [1.54, 1.807) is 18.3 Å². The molecule has 3 aliphatic heterocycles. The minimum absolute atomic E-state index is 0.0827. The van der Waals surface area contributed by atoms with Gasteiger partial charge in [0.25, 0.3) is 5.56 Å². The topological polar surface area (TPSA) is 75.0 Å². The fraction of sp³-hybridized carbons (Fsp3) is 0.458. The number of nitrogens with zero attached hydrogens (tertiary/aromatic N) is 3. The summed E-state index contributed by atoms with van der Waals surface area (Å²) < 4.78 is 33.5. The molecule has 0 radical (unpaired) electrons. The van der Waals surface area contributed by atoms with Crippen molar-refractivity contribution in [3.8, 4) is 11.3 Å². The number of fused-ring (bicyclic) bond motifs is 2. The maximum atomic E-state index is 15.0. The second kappa shape index (κ2) is 8.43. The second-order valence-corrected chi connectivity index (χ2v) is 9.36. The number of benzene rings is 1. The number of aromatic nitrogens is 3. The van der Waals surface area contributed by atoms with Gasteiger partial charge in [-0.25, -0.2) is 14.4 Å². The summed E-state index contributed by atoms with van der Waals surface area (Å²) in [6.45, 7) is 2.57. The summed E-state index contributed by atoms with van der Waals surface area (Å²) >= 11 is 5.98. The van der Waals surface area contributed by atoms with Crippen LogP contribution in [0, 0.1) is 11.7 Å². The van der Waals surface area contributed by atoms with Gasteiger partial charge in [0.2, 0.25) is 0 Å². The van der Waals surface area contributed by atoms with E-state index in [-0.39, 0.29) is 36.4 Å². The summed E-state index contributed by atoms with van der Waals surface area (Å²) in [5.41, 5.74) is 2.58. The van der Waals surface area contributed by atoms with Crippen LogP contribution < -0.4 is 5.56 Å². The second-order valence-electron chi connectivity index (χ2n) is 8.92. The van der Waals surface area contributed by atoms with Gasteiger partial charge in [-0.15, -0.1) is 0 Å². The van der Waals surface area contributed by atoms with Crippen LogP contribution in [0.3, 0.4) is 0 Å². The highest BCUT2D eigenvalue weighted by molar-refractivity contribution is 6.30. The van der Waals surface area contributed by atoms with E-state index in [1.807, 2.05) is 0 Å². The molecule has 0 N–H and O–H groups in total. The summed E-state index contributed by atoms with van der Waals surface area (Å²) in [4.78, 5) is 22.8. The highest BCUT2D eigenvalue weighted by Gasteiger charge is 2.34. The van der Waals surface area contributed by atoms with Crippen molar-refractivity contribution in [2.75, 3.05) is 19.8 Å². The Morgan fingerprint density at radius 3 is 2.85 bits per heavy atom. The van der Waals surface area contributed by atoms with Crippen LogP contribution in [0.25, 0.3) is 16.9 Å². The van der Waals surface area contributed by atoms with Gasteiger partial charge in [-0.3, -0.25) is 9.20 Å². The fourth-order valence-corrected chi connectivity index (χ4v) is 5.24. The summed E-state index contributed by atoms with van der Waals surface area (Å²) in [5, 5.41) is 0.294. The summed E-state index contributed by atoms with van der Waals surface area (Å²) in [5.74, 6) is -0.0569. The zero-order valence-electron chi connectivity index (χ0n) is 17.9. The van der Waals surface area contributed by atoms with Gasteiger partial charge in [0.05, 0.1) is 42.9 Å². The van der Waals surface area contributed by atoms with Gasteiger partial charge in [0, 0.05) is 41.8 Å². The average molecular weight is 472 g/mol. The Balaban J connectivity index is 1.51. The van der Waals surface area contributed by atoms with E-state index < -0.39 is 5.82 Å². The van der Waals surface area contributed by atoms with E-state index in [9.17, 15) is 9.18 Å². The lowest BCUT2D eigenvalue weighted by molar-refractivity contribution is -0.0311. The maximum Gasteiger partial charge on any atom is 0.263 e. The molecule has 3 aromatic rings. The number of hydrogen-bond acceptors (Lipinski definition) is 6. The summed E-state index contributed by atoms with van der Waals surface area (Å²) in [6.07, 6.45) is 4.40. The molecule has 33 heavy (non-hydrogen) atoms. The first-order chi connectivity index (χ1) is 16.1. The Morgan fingerprint density at radius 2 is 2.03 bits per heavy atom. The fourth-order valence-electron chi connectivity index (χ4n) is 5.09. The van der Waals surface area contributed by atoms with Crippen molar-refractivity contribution < 1.29 is 18.6 Å². The van der Waals surface area contributed by atoms with Crippen LogP contribution in [-0.2, 0) is 27.4 Å². The molecule has 1 aromatic carbocycles. The lowest BCUT2D eigenvalue weighted by Gasteiger charge is -2.32. The minimum atomic E-state index is -0.506. The first-order valence-corrected chi connectivity index (χ1v) is 11.6. The lowest BCUT2D eigenvalue weighted by atomic mass is 9.86. The zero-order chi connectivity index (χ0) is 22.5. The van der Waals surface area contributed by atoms with Gasteiger partial charge in [-0.2, -0.15) is 0 Å². The molecule has 0 bridgehead atoms. The smallest absolute Gasteiger partial charge is 0.263 e. The Morgan fingerprint density at radius 1 is 1.12 bits per heavy atom. The van der Waals surface area contributed by atoms with Crippen LogP contribution in [0.1, 0.15) is 42.1 Å². The van der Waals surface area contributed by atoms with E-state index >= 15 is 0 Å². The maximum absolute atomic E-state index is 15.0. The monoisotopic (exact) mass is 471 g/mol. The Bertz CT molecular complexity index is 1290. The molecule has 3 atom stereocenters. The quantitative estimate of drug-likeness (QED) is 0.577. The van der Waals surface area contributed by atoms with E-state index in [1.165, 1.54) is 10.5 Å². The van der Waals surface area contributed by atoms with Crippen molar-refractivity contribution >= 4 is 17.2 Å². The Hall–Kier alpha value is -2.39. The van der Waals surface area contributed by atoms with Gasteiger partial charge >= 0.3 is 0 Å². The van der Waals surface area contributed by atoms with Gasteiger partial charge in [-0.05, 0) is 37.5 Å². The predicted octanol–water partition coefficient (Wildman–Crippen LogP) is 3.88. The first-order valence-electron chi connectivity index (χ1n) is 11.3. The molecular weight excluding hydrogens is 449 g/mol. The van der Waals surface area contributed by atoms with Crippen LogP contribution in [0.5, 0.6) is 0 Å². The highest BCUT2D eigenvalue weighted by atomic mass is 35.5. The van der Waals surface area contributed by atoms with Crippen molar-refractivity contribution in [3.63, 3.8) is 0 Å². The molecular formula is C24H23ClFN3O4. The van der Waals surface area contributed by atoms with Crippen molar-refractivity contribution in [3.05, 3.63) is 62.5 Å². The molecule has 172 valence electrons. The van der Waals surface area contributed by atoms with Crippen molar-refractivity contribution in [1.82, 2.24) is 14.4 Å². The van der Waals surface area contributed by atoms with E-state index in [0.29, 0.717) is 46.8 Å². The normalized spacial score (nSPS) is 25.0. The van der Waals surface area contributed by atoms with Gasteiger partial charge in [-0.1, -0.05) is 11.6 Å². The molecule has 1 unspecified atom stereocenters. The van der Waals surface area contributed by atoms with Crippen LogP contribution in [0.4, 0.5) is 4.39 Å². The Labute approximate surface area is 194 Å². The molecule has 9 heteroatoms. The molecule has 6 rings (SSSR count). The van der Waals surface area contributed by atoms with Crippen LogP contribution in [0.15, 0.2) is 29.2 Å². The SMILES string of the molecule is O=c1c2c(nc3c(-c4ccc(Cl)cc4F)nc([C@H]4CCO[C@@H](C5CCOC5)C4)cn13)COC2. The number of hydrogen-bond donors (Lipinski definition) is 0. The van der Waals surface area contributed by atoms with Crippen molar-refractivity contribution in [1.29, 1.82) is 0 Å². The molecule has 0 amide bonds. The predicted molar refractivity (Wildman–Crippen MR) is 119 cm³/mol. The highest BCUT2D eigenvalue weighted by Crippen LogP contribution is 2.36. The zero-order valence-corrected chi connectivity index (χ0v) is 18.7. The van der Waals surface area contributed by atoms with E-state index in [4.69, 9.17) is 30.8 Å². The van der Waals surface area contributed by atoms with Crippen LogP contribution in [0.2, 0.25) is 5.02 Å². The third kappa shape index (κ3) is 3.75. The average Bonchev–Trinajstić information content (AvgIpc) is 3.52. The van der Waals surface area contributed by atoms with E-state index in [0.717, 1.165) is 31.6 Å².